The molecule has 0 amide bonds. The summed E-state index contributed by atoms with van der Waals surface area (Å²) in [7, 11) is 2.19. The van der Waals surface area contributed by atoms with Crippen molar-refractivity contribution in [3.8, 4) is 0 Å². The maximum Gasteiger partial charge on any atom is 0.0892 e. The molecule has 0 aromatic carbocycles. The van der Waals surface area contributed by atoms with Crippen LogP contribution in [0.5, 0.6) is 0 Å². The van der Waals surface area contributed by atoms with Gasteiger partial charge in [0.1, 0.15) is 0 Å². The molecule has 0 saturated carbocycles. The molecule has 0 aliphatic carbocycles. The lowest BCUT2D eigenvalue weighted by Gasteiger charge is -2.45. The molecule has 1 atom stereocenters. The molecule has 3 nitrogen and oxygen atoms in total. The van der Waals surface area contributed by atoms with Crippen LogP contribution in [0.1, 0.15) is 17.8 Å². The molecule has 1 spiro atoms. The van der Waals surface area contributed by atoms with Crippen molar-refractivity contribution in [1.29, 1.82) is 0 Å². The molecule has 0 N–H and O–H groups in total. The van der Waals surface area contributed by atoms with E-state index >= 15 is 0 Å². The first kappa shape index (κ1) is 12.5. The van der Waals surface area contributed by atoms with Crippen LogP contribution in [0.4, 0.5) is 0 Å². The molecule has 2 aliphatic heterocycles. The van der Waals surface area contributed by atoms with Gasteiger partial charge in [-0.25, -0.2) is 0 Å². The lowest BCUT2D eigenvalue weighted by molar-refractivity contribution is 0.0316. The zero-order valence-electron chi connectivity index (χ0n) is 11.1. The van der Waals surface area contributed by atoms with Crippen LogP contribution >= 0.6 is 11.8 Å². The first-order chi connectivity index (χ1) is 8.65. The predicted molar refractivity (Wildman–Crippen MR) is 74.9 cm³/mol. The highest BCUT2D eigenvalue weighted by atomic mass is 32.2. The fraction of sp³-hybridized carbons (Fsp3) is 0.643. The Labute approximate surface area is 113 Å². The summed E-state index contributed by atoms with van der Waals surface area (Å²) in [6, 6.07) is 6.11. The summed E-state index contributed by atoms with van der Waals surface area (Å²) in [4.78, 5) is 6.86. The predicted octanol–water partition coefficient (Wildman–Crippen LogP) is 2.10. The van der Waals surface area contributed by atoms with Crippen LogP contribution in [0.2, 0.25) is 0 Å². The number of ether oxygens (including phenoxy) is 1. The minimum Gasteiger partial charge on any atom is -0.371 e. The summed E-state index contributed by atoms with van der Waals surface area (Å²) in [6.45, 7) is 5.12. The molecule has 4 heteroatoms. The Morgan fingerprint density at radius 1 is 1.50 bits per heavy atom. The molecule has 1 aromatic rings. The van der Waals surface area contributed by atoms with Crippen LogP contribution < -0.4 is 0 Å². The summed E-state index contributed by atoms with van der Waals surface area (Å²) in [6.07, 6.45) is 1.61. The fourth-order valence-corrected chi connectivity index (χ4v) is 4.63. The van der Waals surface area contributed by atoms with Crippen molar-refractivity contribution in [1.82, 2.24) is 9.88 Å². The Balaban J connectivity index is 1.50. The average Bonchev–Trinajstić information content (AvgIpc) is 2.70. The second-order valence-electron chi connectivity index (χ2n) is 5.57. The summed E-state index contributed by atoms with van der Waals surface area (Å²) in [5.41, 5.74) is 2.11. The van der Waals surface area contributed by atoms with Crippen LogP contribution in [0, 0.1) is 6.92 Å². The molecule has 18 heavy (non-hydrogen) atoms. The van der Waals surface area contributed by atoms with Crippen LogP contribution in [-0.2, 0) is 11.3 Å². The Morgan fingerprint density at radius 2 is 2.33 bits per heavy atom. The standard InChI is InChI=1S/C14H20N2OS/c1-11-4-3-5-12(15-11)7-17-13-6-14(18-8-13)9-16(2)10-14/h3-5,13H,6-10H2,1-2H3/t13-/m1/s1. The Morgan fingerprint density at radius 3 is 3.06 bits per heavy atom. The topological polar surface area (TPSA) is 25.4 Å². The molecule has 0 radical (unpaired) electrons. The molecule has 3 rings (SSSR count). The number of aryl methyl sites for hydroxylation is 1. The minimum absolute atomic E-state index is 0.408. The SMILES string of the molecule is Cc1cccc(CO[C@H]2CSC3(C2)CN(C)C3)n1. The van der Waals surface area contributed by atoms with Crippen molar-refractivity contribution >= 4 is 11.8 Å². The van der Waals surface area contributed by atoms with Crippen molar-refractivity contribution in [2.45, 2.75) is 30.8 Å². The lowest BCUT2D eigenvalue weighted by atomic mass is 9.94. The van der Waals surface area contributed by atoms with Crippen LogP contribution in [0.25, 0.3) is 0 Å². The normalized spacial score (nSPS) is 26.4. The summed E-state index contributed by atoms with van der Waals surface area (Å²) >= 11 is 2.09. The fourth-order valence-electron chi connectivity index (χ4n) is 2.95. The summed E-state index contributed by atoms with van der Waals surface area (Å²) in [5.74, 6) is 1.14. The van der Waals surface area contributed by atoms with Crippen molar-refractivity contribution in [2.24, 2.45) is 0 Å². The zero-order valence-corrected chi connectivity index (χ0v) is 11.9. The molecule has 0 unspecified atom stereocenters. The van der Waals surface area contributed by atoms with Gasteiger partial charge in [-0.1, -0.05) is 6.07 Å². The van der Waals surface area contributed by atoms with Crippen LogP contribution in [0.15, 0.2) is 18.2 Å². The van der Waals surface area contributed by atoms with Crippen LogP contribution in [0.3, 0.4) is 0 Å². The van der Waals surface area contributed by atoms with E-state index in [1.807, 2.05) is 25.1 Å². The molecule has 2 fully saturated rings. The van der Waals surface area contributed by atoms with Gasteiger partial charge in [0.25, 0.3) is 0 Å². The number of hydrogen-bond acceptors (Lipinski definition) is 4. The third-order valence-corrected chi connectivity index (χ3v) is 5.28. The Bertz CT molecular complexity index is 432. The third kappa shape index (κ3) is 2.56. The molecular formula is C14H20N2OS. The number of hydrogen-bond donors (Lipinski definition) is 0. The van der Waals surface area contributed by atoms with Gasteiger partial charge < -0.3 is 9.64 Å². The maximum atomic E-state index is 6.01. The van der Waals surface area contributed by atoms with E-state index in [1.165, 1.54) is 19.5 Å². The van der Waals surface area contributed by atoms with Gasteiger partial charge in [-0.2, -0.15) is 0 Å². The molecule has 2 aliphatic rings. The second-order valence-corrected chi connectivity index (χ2v) is 7.06. The van der Waals surface area contributed by atoms with Gasteiger partial charge in [-0.05, 0) is 32.5 Å². The van der Waals surface area contributed by atoms with Crippen molar-refractivity contribution in [3.05, 3.63) is 29.6 Å². The Kier molecular flexibility index (Phi) is 3.34. The molecule has 1 aromatic heterocycles. The molecule has 3 heterocycles. The minimum atomic E-state index is 0.408. The first-order valence-electron chi connectivity index (χ1n) is 6.52. The quantitative estimate of drug-likeness (QED) is 0.835. The smallest absolute Gasteiger partial charge is 0.0892 e. The lowest BCUT2D eigenvalue weighted by Crippen LogP contribution is -2.56. The van der Waals surface area contributed by atoms with E-state index in [9.17, 15) is 0 Å². The van der Waals surface area contributed by atoms with E-state index in [4.69, 9.17) is 4.74 Å². The number of nitrogens with zero attached hydrogens (tertiary/aromatic N) is 2. The monoisotopic (exact) mass is 264 g/mol. The van der Waals surface area contributed by atoms with Gasteiger partial charge in [0.15, 0.2) is 0 Å². The second kappa shape index (κ2) is 4.83. The average molecular weight is 264 g/mol. The van der Waals surface area contributed by atoms with Crippen molar-refractivity contribution in [2.75, 3.05) is 25.9 Å². The first-order valence-corrected chi connectivity index (χ1v) is 7.50. The summed E-state index contributed by atoms with van der Waals surface area (Å²) in [5, 5.41) is 0. The number of thioether (sulfide) groups is 1. The number of pyridine rings is 1. The van der Waals surface area contributed by atoms with Crippen LogP contribution in [-0.4, -0.2) is 46.6 Å². The van der Waals surface area contributed by atoms with E-state index < -0.39 is 0 Å². The van der Waals surface area contributed by atoms with Gasteiger partial charge in [-0.15, -0.1) is 11.8 Å². The highest BCUT2D eigenvalue weighted by molar-refractivity contribution is 8.01. The van der Waals surface area contributed by atoms with Gasteiger partial charge >= 0.3 is 0 Å². The van der Waals surface area contributed by atoms with Crippen molar-refractivity contribution in [3.63, 3.8) is 0 Å². The molecule has 98 valence electrons. The zero-order chi connectivity index (χ0) is 12.6. The van der Waals surface area contributed by atoms with Gasteiger partial charge in [0.05, 0.1) is 18.4 Å². The van der Waals surface area contributed by atoms with Crippen molar-refractivity contribution < 1.29 is 4.74 Å². The van der Waals surface area contributed by atoms with E-state index in [2.05, 4.69) is 28.7 Å². The number of aromatic nitrogens is 1. The summed E-state index contributed by atoms with van der Waals surface area (Å²) < 4.78 is 6.51. The van der Waals surface area contributed by atoms with E-state index in [-0.39, 0.29) is 0 Å². The number of likely N-dealkylation sites (tertiary alicyclic amines) is 1. The highest BCUT2D eigenvalue weighted by Gasteiger charge is 2.47. The van der Waals surface area contributed by atoms with Gasteiger partial charge in [0, 0.05) is 29.3 Å². The number of rotatable bonds is 3. The Hall–Kier alpha value is -0.580. The maximum absolute atomic E-state index is 6.01. The van der Waals surface area contributed by atoms with Gasteiger partial charge in [0.2, 0.25) is 0 Å². The molecule has 2 saturated heterocycles. The van der Waals surface area contributed by atoms with E-state index in [0.29, 0.717) is 17.5 Å². The molecule has 0 bridgehead atoms. The van der Waals surface area contributed by atoms with E-state index in [0.717, 1.165) is 17.1 Å². The van der Waals surface area contributed by atoms with Gasteiger partial charge in [-0.3, -0.25) is 4.98 Å². The largest absolute Gasteiger partial charge is 0.371 e. The molecular weight excluding hydrogens is 244 g/mol. The van der Waals surface area contributed by atoms with E-state index in [1.54, 1.807) is 0 Å². The highest BCUT2D eigenvalue weighted by Crippen LogP contribution is 2.45. The third-order valence-electron chi connectivity index (χ3n) is 3.70.